The number of hydrogen-bond acceptors (Lipinski definition) is 3. The van der Waals surface area contributed by atoms with Crippen LogP contribution >= 0.6 is 0 Å². The summed E-state index contributed by atoms with van der Waals surface area (Å²) >= 11 is 0. The van der Waals surface area contributed by atoms with E-state index in [1.807, 2.05) is 13.8 Å². The number of aryl methyl sites for hydroxylation is 2. The molecule has 0 N–H and O–H groups in total. The lowest BCUT2D eigenvalue weighted by Crippen LogP contribution is -2.38. The molecule has 0 saturated carbocycles. The second kappa shape index (κ2) is 5.70. The maximum atomic E-state index is 5.35. The standard InChI is InChI=1S/C19H21N3O/c1-14-17(15(2)23-20-14)13-22-12-11-21-10-6-9-18(21)19(22)16-7-4-3-5-8-16/h3-10,19H,11-13H2,1-2H3/t19-/m1/s1. The number of rotatable bonds is 3. The predicted molar refractivity (Wildman–Crippen MR) is 89.1 cm³/mol. The highest BCUT2D eigenvalue weighted by atomic mass is 16.5. The fraction of sp³-hybridized carbons (Fsp3) is 0.316. The van der Waals surface area contributed by atoms with Crippen LogP contribution in [0.4, 0.5) is 0 Å². The molecule has 3 aromatic rings. The fourth-order valence-corrected chi connectivity index (χ4v) is 3.55. The van der Waals surface area contributed by atoms with Crippen molar-refractivity contribution in [1.29, 1.82) is 0 Å². The summed E-state index contributed by atoms with van der Waals surface area (Å²) in [6, 6.07) is 15.4. The third-order valence-electron chi connectivity index (χ3n) is 4.80. The van der Waals surface area contributed by atoms with Crippen molar-refractivity contribution < 1.29 is 4.52 Å². The fourth-order valence-electron chi connectivity index (χ4n) is 3.55. The van der Waals surface area contributed by atoms with E-state index in [0.29, 0.717) is 0 Å². The smallest absolute Gasteiger partial charge is 0.138 e. The third kappa shape index (κ3) is 2.49. The van der Waals surface area contributed by atoms with Crippen molar-refractivity contribution in [2.45, 2.75) is 33.0 Å². The average Bonchev–Trinajstić information content (AvgIpc) is 3.17. The van der Waals surface area contributed by atoms with E-state index in [4.69, 9.17) is 4.52 Å². The number of aromatic nitrogens is 2. The Morgan fingerprint density at radius 2 is 1.91 bits per heavy atom. The monoisotopic (exact) mass is 307 g/mol. The van der Waals surface area contributed by atoms with E-state index < -0.39 is 0 Å². The van der Waals surface area contributed by atoms with E-state index in [-0.39, 0.29) is 6.04 Å². The van der Waals surface area contributed by atoms with Gasteiger partial charge in [-0.25, -0.2) is 0 Å². The molecule has 1 aliphatic rings. The van der Waals surface area contributed by atoms with Gasteiger partial charge >= 0.3 is 0 Å². The van der Waals surface area contributed by atoms with Crippen LogP contribution in [0.5, 0.6) is 0 Å². The Labute approximate surface area is 136 Å². The second-order valence-corrected chi connectivity index (χ2v) is 6.21. The van der Waals surface area contributed by atoms with Crippen LogP contribution in [0.25, 0.3) is 0 Å². The lowest BCUT2D eigenvalue weighted by atomic mass is 9.99. The summed E-state index contributed by atoms with van der Waals surface area (Å²) in [5.74, 6) is 0.926. The minimum absolute atomic E-state index is 0.272. The maximum Gasteiger partial charge on any atom is 0.138 e. The molecule has 0 aliphatic carbocycles. The Hall–Kier alpha value is -2.33. The summed E-state index contributed by atoms with van der Waals surface area (Å²) in [6.07, 6.45) is 2.18. The molecule has 4 nitrogen and oxygen atoms in total. The van der Waals surface area contributed by atoms with Crippen molar-refractivity contribution in [3.63, 3.8) is 0 Å². The predicted octanol–water partition coefficient (Wildman–Crippen LogP) is 3.70. The molecular weight excluding hydrogens is 286 g/mol. The Balaban J connectivity index is 1.74. The van der Waals surface area contributed by atoms with Gasteiger partial charge in [0.1, 0.15) is 5.76 Å². The van der Waals surface area contributed by atoms with Gasteiger partial charge < -0.3 is 9.09 Å². The highest BCUT2D eigenvalue weighted by Gasteiger charge is 2.29. The normalized spacial score (nSPS) is 18.1. The highest BCUT2D eigenvalue weighted by Crippen LogP contribution is 2.34. The minimum Gasteiger partial charge on any atom is -0.361 e. The topological polar surface area (TPSA) is 34.2 Å². The van der Waals surface area contributed by atoms with Gasteiger partial charge in [-0.2, -0.15) is 0 Å². The van der Waals surface area contributed by atoms with Gasteiger partial charge in [0.25, 0.3) is 0 Å². The zero-order chi connectivity index (χ0) is 15.8. The average molecular weight is 307 g/mol. The number of benzene rings is 1. The summed E-state index contributed by atoms with van der Waals surface area (Å²) in [7, 11) is 0. The van der Waals surface area contributed by atoms with Crippen molar-refractivity contribution in [3.05, 3.63) is 76.9 Å². The molecule has 1 aromatic carbocycles. The maximum absolute atomic E-state index is 5.35. The van der Waals surface area contributed by atoms with E-state index in [0.717, 1.165) is 31.1 Å². The first-order chi connectivity index (χ1) is 11.2. The van der Waals surface area contributed by atoms with Gasteiger partial charge in [0.2, 0.25) is 0 Å². The van der Waals surface area contributed by atoms with Crippen molar-refractivity contribution in [3.8, 4) is 0 Å². The molecule has 0 unspecified atom stereocenters. The molecule has 0 bridgehead atoms. The summed E-state index contributed by atoms with van der Waals surface area (Å²) in [4.78, 5) is 2.52. The molecule has 1 aliphatic heterocycles. The summed E-state index contributed by atoms with van der Waals surface area (Å²) in [5.41, 5.74) is 4.90. The number of fused-ring (bicyclic) bond motifs is 1. The number of nitrogens with zero attached hydrogens (tertiary/aromatic N) is 3. The van der Waals surface area contributed by atoms with Gasteiger partial charge in [-0.05, 0) is 31.5 Å². The van der Waals surface area contributed by atoms with Gasteiger partial charge in [0, 0.05) is 37.1 Å². The summed E-state index contributed by atoms with van der Waals surface area (Å²) < 4.78 is 7.71. The molecule has 0 amide bonds. The molecule has 1 atom stereocenters. The molecule has 0 spiro atoms. The zero-order valence-electron chi connectivity index (χ0n) is 13.6. The molecule has 0 radical (unpaired) electrons. The van der Waals surface area contributed by atoms with Crippen molar-refractivity contribution in [2.24, 2.45) is 0 Å². The van der Waals surface area contributed by atoms with Crippen molar-refractivity contribution in [2.75, 3.05) is 6.54 Å². The Bertz CT molecular complexity index is 784. The molecular formula is C19H21N3O. The highest BCUT2D eigenvalue weighted by molar-refractivity contribution is 5.31. The van der Waals surface area contributed by atoms with E-state index in [9.17, 15) is 0 Å². The van der Waals surface area contributed by atoms with Crippen LogP contribution < -0.4 is 0 Å². The van der Waals surface area contributed by atoms with E-state index in [1.54, 1.807) is 0 Å². The first-order valence-electron chi connectivity index (χ1n) is 8.10. The molecule has 0 fully saturated rings. The van der Waals surface area contributed by atoms with Crippen LogP contribution in [-0.4, -0.2) is 21.2 Å². The second-order valence-electron chi connectivity index (χ2n) is 6.21. The number of hydrogen-bond donors (Lipinski definition) is 0. The van der Waals surface area contributed by atoms with Crippen molar-refractivity contribution >= 4 is 0 Å². The zero-order valence-corrected chi connectivity index (χ0v) is 13.6. The van der Waals surface area contributed by atoms with Crippen LogP contribution in [0.15, 0.2) is 53.2 Å². The van der Waals surface area contributed by atoms with Crippen LogP contribution in [0.1, 0.15) is 34.3 Å². The van der Waals surface area contributed by atoms with Crippen LogP contribution in [0, 0.1) is 13.8 Å². The summed E-state index contributed by atoms with van der Waals surface area (Å²) in [6.45, 7) is 6.93. The molecule has 118 valence electrons. The summed E-state index contributed by atoms with van der Waals surface area (Å²) in [5, 5.41) is 4.11. The molecule has 3 heterocycles. The molecule has 2 aromatic heterocycles. The first-order valence-corrected chi connectivity index (χ1v) is 8.10. The lowest BCUT2D eigenvalue weighted by molar-refractivity contribution is 0.173. The van der Waals surface area contributed by atoms with Gasteiger partial charge in [0.05, 0.1) is 11.7 Å². The first kappa shape index (κ1) is 14.3. The lowest BCUT2D eigenvalue weighted by Gasteiger charge is -2.37. The Morgan fingerprint density at radius 1 is 1.09 bits per heavy atom. The Morgan fingerprint density at radius 3 is 2.65 bits per heavy atom. The van der Waals surface area contributed by atoms with Crippen LogP contribution in [0.3, 0.4) is 0 Å². The van der Waals surface area contributed by atoms with Gasteiger partial charge in [-0.15, -0.1) is 0 Å². The van der Waals surface area contributed by atoms with Gasteiger partial charge in [-0.1, -0.05) is 35.5 Å². The molecule has 23 heavy (non-hydrogen) atoms. The van der Waals surface area contributed by atoms with Crippen molar-refractivity contribution in [1.82, 2.24) is 14.6 Å². The van der Waals surface area contributed by atoms with Gasteiger partial charge in [-0.3, -0.25) is 4.90 Å². The van der Waals surface area contributed by atoms with Gasteiger partial charge in [0.15, 0.2) is 0 Å². The van der Waals surface area contributed by atoms with E-state index in [2.05, 4.69) is 63.3 Å². The third-order valence-corrected chi connectivity index (χ3v) is 4.80. The largest absolute Gasteiger partial charge is 0.361 e. The molecule has 4 heteroatoms. The van der Waals surface area contributed by atoms with E-state index in [1.165, 1.54) is 16.8 Å². The SMILES string of the molecule is Cc1noc(C)c1CN1CCn2cccc2[C@H]1c1ccccc1. The van der Waals surface area contributed by atoms with E-state index >= 15 is 0 Å². The minimum atomic E-state index is 0.272. The Kier molecular flexibility index (Phi) is 3.54. The van der Waals surface area contributed by atoms with Crippen LogP contribution in [-0.2, 0) is 13.1 Å². The molecule has 0 saturated heterocycles. The quantitative estimate of drug-likeness (QED) is 0.740. The van der Waals surface area contributed by atoms with Crippen LogP contribution in [0.2, 0.25) is 0 Å². The molecule has 4 rings (SSSR count).